The highest BCUT2D eigenvalue weighted by atomic mass is 14.4. The highest BCUT2D eigenvalue weighted by molar-refractivity contribution is 6.23. The number of benzene rings is 6. The minimum Gasteiger partial charge on any atom is -0.0619 e. The molecule has 0 amide bonds. The summed E-state index contributed by atoms with van der Waals surface area (Å²) in [6.45, 7) is 16.1. The first kappa shape index (κ1) is 24.9. The first-order chi connectivity index (χ1) is 19.2. The zero-order chi connectivity index (χ0) is 27.9. The maximum absolute atomic E-state index is 2.42. The molecule has 0 aliphatic heterocycles. The average molecular weight is 517 g/mol. The van der Waals surface area contributed by atoms with E-state index in [4.69, 9.17) is 0 Å². The lowest BCUT2D eigenvalue weighted by Gasteiger charge is -2.24. The van der Waals surface area contributed by atoms with E-state index in [9.17, 15) is 0 Å². The second-order valence-corrected chi connectivity index (χ2v) is 12.4. The molecule has 0 aromatic heterocycles. The number of hydrogen-bond acceptors (Lipinski definition) is 0. The molecule has 6 aromatic carbocycles. The van der Waals surface area contributed by atoms with Gasteiger partial charge in [0.05, 0.1) is 0 Å². The molecule has 0 fully saturated rings. The third kappa shape index (κ3) is 3.32. The van der Waals surface area contributed by atoms with Gasteiger partial charge in [0.15, 0.2) is 0 Å². The van der Waals surface area contributed by atoms with Crippen molar-refractivity contribution in [3.8, 4) is 33.4 Å². The van der Waals surface area contributed by atoms with Crippen LogP contribution >= 0.6 is 0 Å². The molecule has 0 N–H and O–H groups in total. The van der Waals surface area contributed by atoms with Crippen molar-refractivity contribution in [3.63, 3.8) is 0 Å². The summed E-state index contributed by atoms with van der Waals surface area (Å²) in [5, 5.41) is 5.32. The quantitative estimate of drug-likeness (QED) is 0.201. The van der Waals surface area contributed by atoms with E-state index < -0.39 is 0 Å². The molecule has 0 atom stereocenters. The summed E-state index contributed by atoms with van der Waals surface area (Å²) in [4.78, 5) is 0. The summed E-state index contributed by atoms with van der Waals surface area (Å²) in [5.74, 6) is 0. The van der Waals surface area contributed by atoms with Crippen LogP contribution in [0.25, 0.3) is 54.9 Å². The van der Waals surface area contributed by atoms with Crippen molar-refractivity contribution in [3.05, 3.63) is 130 Å². The molecule has 0 unspecified atom stereocenters. The van der Waals surface area contributed by atoms with Crippen molar-refractivity contribution in [2.45, 2.75) is 53.9 Å². The maximum Gasteiger partial charge on any atom is 0.0159 e. The fourth-order valence-electron chi connectivity index (χ4n) is 7.41. The summed E-state index contributed by atoms with van der Waals surface area (Å²) in [6.07, 6.45) is 0. The number of hydrogen-bond donors (Lipinski definition) is 0. The maximum atomic E-state index is 2.42. The van der Waals surface area contributed by atoms with Gasteiger partial charge in [-0.3, -0.25) is 0 Å². The van der Waals surface area contributed by atoms with Crippen LogP contribution in [0.2, 0.25) is 0 Å². The molecule has 0 radical (unpaired) electrons. The van der Waals surface area contributed by atoms with Gasteiger partial charge in [0.25, 0.3) is 0 Å². The van der Waals surface area contributed by atoms with Gasteiger partial charge in [-0.2, -0.15) is 0 Å². The van der Waals surface area contributed by atoms with E-state index in [0.29, 0.717) is 0 Å². The molecular formula is C40H36. The van der Waals surface area contributed by atoms with Crippen LogP contribution in [0.5, 0.6) is 0 Å². The molecular weight excluding hydrogens is 480 g/mol. The average Bonchev–Trinajstić information content (AvgIpc) is 3.18. The first-order valence-corrected chi connectivity index (χ1v) is 14.5. The van der Waals surface area contributed by atoms with Crippen LogP contribution < -0.4 is 0 Å². The largest absolute Gasteiger partial charge is 0.0619 e. The van der Waals surface area contributed by atoms with E-state index in [0.717, 1.165) is 0 Å². The molecule has 0 saturated carbocycles. The Hall–Kier alpha value is -4.16. The Morgan fingerprint density at radius 3 is 1.73 bits per heavy atom. The van der Waals surface area contributed by atoms with Crippen molar-refractivity contribution >= 4 is 21.5 Å². The molecule has 1 aliphatic carbocycles. The van der Waals surface area contributed by atoms with Crippen LogP contribution in [-0.2, 0) is 5.41 Å². The molecule has 40 heavy (non-hydrogen) atoms. The summed E-state index contributed by atoms with van der Waals surface area (Å²) in [6, 6.07) is 34.5. The summed E-state index contributed by atoms with van der Waals surface area (Å²) in [7, 11) is 0. The van der Waals surface area contributed by atoms with Gasteiger partial charge in [-0.05, 0) is 123 Å². The van der Waals surface area contributed by atoms with Crippen molar-refractivity contribution in [2.75, 3.05) is 0 Å². The monoisotopic (exact) mass is 516 g/mol. The number of fused-ring (bicyclic) bond motifs is 5. The van der Waals surface area contributed by atoms with Crippen LogP contribution in [0.15, 0.2) is 91.0 Å². The minimum atomic E-state index is -0.0310. The SMILES string of the molecule is Cc1ccc2c(-c3c(C)c(C)cc(C)c3C)c3ccccc3c(-c3cccc4c3-c3ccccc3C4(C)C)c2c1. The number of aryl methyl sites for hydroxylation is 3. The Kier molecular flexibility index (Phi) is 5.39. The van der Waals surface area contributed by atoms with Crippen LogP contribution in [0.1, 0.15) is 52.8 Å². The van der Waals surface area contributed by atoms with Crippen LogP contribution in [0.3, 0.4) is 0 Å². The van der Waals surface area contributed by atoms with Crippen molar-refractivity contribution < 1.29 is 0 Å². The number of rotatable bonds is 2. The third-order valence-corrected chi connectivity index (χ3v) is 9.67. The van der Waals surface area contributed by atoms with Gasteiger partial charge < -0.3 is 0 Å². The lowest BCUT2D eigenvalue weighted by molar-refractivity contribution is 0.660. The standard InChI is InChI=1S/C40H36/c1-23-19-20-30-33(21-23)37(32-16-12-18-35-38(32)31-15-10-11-17-34(31)40(35,6)7)28-13-8-9-14-29(28)39(30)36-26(4)24(2)22-25(3)27(36)5/h8-22H,1-7H3. The zero-order valence-corrected chi connectivity index (χ0v) is 24.7. The van der Waals surface area contributed by atoms with E-state index >= 15 is 0 Å². The molecule has 0 bridgehead atoms. The Balaban J connectivity index is 1.70. The van der Waals surface area contributed by atoms with Gasteiger partial charge in [-0.15, -0.1) is 0 Å². The van der Waals surface area contributed by atoms with E-state index in [-0.39, 0.29) is 5.41 Å². The molecule has 1 aliphatic rings. The Bertz CT molecular complexity index is 1990. The Morgan fingerprint density at radius 2 is 1.00 bits per heavy atom. The molecule has 196 valence electrons. The fraction of sp³-hybridized carbons (Fsp3) is 0.200. The molecule has 7 rings (SSSR count). The van der Waals surface area contributed by atoms with Crippen molar-refractivity contribution in [1.82, 2.24) is 0 Å². The van der Waals surface area contributed by atoms with E-state index in [1.807, 2.05) is 0 Å². The predicted molar refractivity (Wildman–Crippen MR) is 174 cm³/mol. The summed E-state index contributed by atoms with van der Waals surface area (Å²) in [5.41, 5.74) is 17.7. The lowest BCUT2D eigenvalue weighted by Crippen LogP contribution is -2.14. The summed E-state index contributed by atoms with van der Waals surface area (Å²) >= 11 is 0. The van der Waals surface area contributed by atoms with Crippen molar-refractivity contribution in [2.24, 2.45) is 0 Å². The van der Waals surface area contributed by atoms with Crippen LogP contribution in [0, 0.1) is 34.6 Å². The van der Waals surface area contributed by atoms with Crippen molar-refractivity contribution in [1.29, 1.82) is 0 Å². The van der Waals surface area contributed by atoms with E-state index in [2.05, 4.69) is 139 Å². The smallest absolute Gasteiger partial charge is 0.0159 e. The molecule has 0 nitrogen and oxygen atoms in total. The molecule has 6 aromatic rings. The van der Waals surface area contributed by atoms with Gasteiger partial charge in [0.2, 0.25) is 0 Å². The second kappa shape index (κ2) is 8.67. The Labute approximate surface area is 238 Å². The molecule has 0 heterocycles. The topological polar surface area (TPSA) is 0 Å². The molecule has 0 saturated heterocycles. The highest BCUT2D eigenvalue weighted by Gasteiger charge is 2.37. The zero-order valence-electron chi connectivity index (χ0n) is 24.7. The second-order valence-electron chi connectivity index (χ2n) is 12.4. The lowest BCUT2D eigenvalue weighted by atomic mass is 9.79. The minimum absolute atomic E-state index is 0.0310. The predicted octanol–water partition coefficient (Wildman–Crippen LogP) is 11.2. The van der Waals surface area contributed by atoms with E-state index in [1.54, 1.807) is 0 Å². The van der Waals surface area contributed by atoms with E-state index in [1.165, 1.54) is 93.9 Å². The van der Waals surface area contributed by atoms with Crippen LogP contribution in [-0.4, -0.2) is 0 Å². The van der Waals surface area contributed by atoms with Gasteiger partial charge in [-0.1, -0.05) is 110 Å². The molecule has 0 heteroatoms. The summed E-state index contributed by atoms with van der Waals surface area (Å²) < 4.78 is 0. The Morgan fingerprint density at radius 1 is 0.425 bits per heavy atom. The highest BCUT2D eigenvalue weighted by Crippen LogP contribution is 2.54. The third-order valence-electron chi connectivity index (χ3n) is 9.67. The molecule has 0 spiro atoms. The van der Waals surface area contributed by atoms with Gasteiger partial charge in [-0.25, -0.2) is 0 Å². The van der Waals surface area contributed by atoms with Gasteiger partial charge in [0, 0.05) is 5.41 Å². The normalized spacial score (nSPS) is 13.6. The fourth-order valence-corrected chi connectivity index (χ4v) is 7.41. The van der Waals surface area contributed by atoms with Crippen LogP contribution in [0.4, 0.5) is 0 Å². The van der Waals surface area contributed by atoms with Gasteiger partial charge >= 0.3 is 0 Å². The first-order valence-electron chi connectivity index (χ1n) is 14.5. The van der Waals surface area contributed by atoms with Gasteiger partial charge in [0.1, 0.15) is 0 Å².